The van der Waals surface area contributed by atoms with E-state index >= 15 is 0 Å². The van der Waals surface area contributed by atoms with Crippen LogP contribution in [0.3, 0.4) is 0 Å². The fraction of sp³-hybridized carbons (Fsp3) is 0.235. The lowest BCUT2D eigenvalue weighted by atomic mass is 10.2. The molecule has 3 nitrogen and oxygen atoms in total. The topological polar surface area (TPSA) is 29.9 Å². The minimum absolute atomic E-state index is 0.227. The smallest absolute Gasteiger partial charge is 0.129 e. The lowest BCUT2D eigenvalue weighted by molar-refractivity contribution is 0.627. The van der Waals surface area contributed by atoms with Crippen LogP contribution in [0.15, 0.2) is 42.5 Å². The minimum atomic E-state index is -0.227. The Bertz CT molecular complexity index is 760. The summed E-state index contributed by atoms with van der Waals surface area (Å²) in [5.74, 6) is 0.689. The van der Waals surface area contributed by atoms with Gasteiger partial charge < -0.3 is 9.88 Å². The fourth-order valence-corrected chi connectivity index (χ4v) is 2.49. The zero-order chi connectivity index (χ0) is 14.8. The van der Waals surface area contributed by atoms with Crippen LogP contribution < -0.4 is 5.32 Å². The number of rotatable bonds is 4. The van der Waals surface area contributed by atoms with E-state index in [1.807, 2.05) is 23.6 Å². The Morgan fingerprint density at radius 2 is 1.90 bits per heavy atom. The minimum Gasteiger partial charge on any atom is -0.378 e. The Balaban J connectivity index is 1.88. The molecule has 0 radical (unpaired) electrons. The number of nitrogens with zero attached hydrogens (tertiary/aromatic N) is 2. The fourth-order valence-electron chi connectivity index (χ4n) is 2.49. The highest BCUT2D eigenvalue weighted by molar-refractivity contribution is 5.76. The Morgan fingerprint density at radius 3 is 2.62 bits per heavy atom. The third kappa shape index (κ3) is 2.75. The highest BCUT2D eigenvalue weighted by Crippen LogP contribution is 2.19. The standard InChI is InChI=1S/C17H18FN3/c1-3-21-16-10-13(18)6-9-15(16)20-17(21)11-19-14-7-4-12(2)5-8-14/h4-10,19H,3,11H2,1-2H3. The lowest BCUT2D eigenvalue weighted by Gasteiger charge is -2.09. The van der Waals surface area contributed by atoms with Crippen molar-refractivity contribution in [2.24, 2.45) is 0 Å². The second-order valence-electron chi connectivity index (χ2n) is 5.12. The third-order valence-electron chi connectivity index (χ3n) is 3.61. The van der Waals surface area contributed by atoms with E-state index in [4.69, 9.17) is 0 Å². The molecule has 0 saturated carbocycles. The number of fused-ring (bicyclic) bond motifs is 1. The van der Waals surface area contributed by atoms with Crippen molar-refractivity contribution in [2.45, 2.75) is 26.9 Å². The van der Waals surface area contributed by atoms with E-state index in [1.54, 1.807) is 12.1 Å². The first-order chi connectivity index (χ1) is 10.2. The second kappa shape index (κ2) is 5.56. The summed E-state index contributed by atoms with van der Waals surface area (Å²) < 4.78 is 15.4. The van der Waals surface area contributed by atoms with E-state index in [0.717, 1.165) is 29.1 Å². The van der Waals surface area contributed by atoms with Crippen molar-refractivity contribution in [1.29, 1.82) is 0 Å². The van der Waals surface area contributed by atoms with Gasteiger partial charge >= 0.3 is 0 Å². The van der Waals surface area contributed by atoms with E-state index < -0.39 is 0 Å². The maximum absolute atomic E-state index is 13.4. The second-order valence-corrected chi connectivity index (χ2v) is 5.12. The van der Waals surface area contributed by atoms with Crippen LogP contribution in [0.25, 0.3) is 11.0 Å². The molecule has 0 fully saturated rings. The highest BCUT2D eigenvalue weighted by Gasteiger charge is 2.10. The summed E-state index contributed by atoms with van der Waals surface area (Å²) in [7, 11) is 0. The molecule has 0 aliphatic heterocycles. The average Bonchev–Trinajstić information content (AvgIpc) is 2.83. The van der Waals surface area contributed by atoms with Gasteiger partial charge in [0.05, 0.1) is 17.6 Å². The van der Waals surface area contributed by atoms with Crippen LogP contribution in [0, 0.1) is 12.7 Å². The summed E-state index contributed by atoms with van der Waals surface area (Å²) >= 11 is 0. The number of nitrogens with one attached hydrogen (secondary N) is 1. The summed E-state index contributed by atoms with van der Waals surface area (Å²) in [6.45, 7) is 5.49. The lowest BCUT2D eigenvalue weighted by Crippen LogP contribution is -2.07. The Labute approximate surface area is 123 Å². The van der Waals surface area contributed by atoms with Gasteiger partial charge in [0.15, 0.2) is 0 Å². The van der Waals surface area contributed by atoms with Crippen LogP contribution in [0.5, 0.6) is 0 Å². The van der Waals surface area contributed by atoms with Gasteiger partial charge in [-0.3, -0.25) is 0 Å². The highest BCUT2D eigenvalue weighted by atomic mass is 19.1. The van der Waals surface area contributed by atoms with Crippen LogP contribution in [0.1, 0.15) is 18.3 Å². The largest absolute Gasteiger partial charge is 0.378 e. The van der Waals surface area contributed by atoms with E-state index in [1.165, 1.54) is 11.6 Å². The molecule has 0 atom stereocenters. The van der Waals surface area contributed by atoms with Crippen molar-refractivity contribution in [1.82, 2.24) is 9.55 Å². The first-order valence-electron chi connectivity index (χ1n) is 7.12. The van der Waals surface area contributed by atoms with Gasteiger partial charge in [0.25, 0.3) is 0 Å². The number of benzene rings is 2. The van der Waals surface area contributed by atoms with Crippen molar-refractivity contribution in [3.63, 3.8) is 0 Å². The first-order valence-corrected chi connectivity index (χ1v) is 7.12. The number of hydrogen-bond acceptors (Lipinski definition) is 2. The number of hydrogen-bond donors (Lipinski definition) is 1. The number of imidazole rings is 1. The molecule has 21 heavy (non-hydrogen) atoms. The SMILES string of the molecule is CCn1c(CNc2ccc(C)cc2)nc2ccc(F)cc21. The molecule has 0 bridgehead atoms. The molecule has 0 spiro atoms. The van der Waals surface area contributed by atoms with Crippen molar-refractivity contribution in [2.75, 3.05) is 5.32 Å². The van der Waals surface area contributed by atoms with E-state index in [9.17, 15) is 4.39 Å². The van der Waals surface area contributed by atoms with E-state index in [2.05, 4.69) is 29.4 Å². The van der Waals surface area contributed by atoms with Crippen molar-refractivity contribution in [3.8, 4) is 0 Å². The number of anilines is 1. The summed E-state index contributed by atoms with van der Waals surface area (Å²) in [4.78, 5) is 4.59. The van der Waals surface area contributed by atoms with Crippen molar-refractivity contribution in [3.05, 3.63) is 59.7 Å². The van der Waals surface area contributed by atoms with Gasteiger partial charge in [-0.1, -0.05) is 17.7 Å². The Hall–Kier alpha value is -2.36. The van der Waals surface area contributed by atoms with Crippen LogP contribution in [-0.4, -0.2) is 9.55 Å². The summed E-state index contributed by atoms with van der Waals surface area (Å²) in [6.07, 6.45) is 0. The van der Waals surface area contributed by atoms with Crippen LogP contribution in [0.4, 0.5) is 10.1 Å². The van der Waals surface area contributed by atoms with Gasteiger partial charge in [-0.2, -0.15) is 0 Å². The number of aryl methyl sites for hydroxylation is 2. The van der Waals surface area contributed by atoms with E-state index in [0.29, 0.717) is 6.54 Å². The molecule has 3 aromatic rings. The number of aromatic nitrogens is 2. The number of halogens is 1. The molecule has 1 heterocycles. The average molecular weight is 283 g/mol. The molecule has 1 N–H and O–H groups in total. The van der Waals surface area contributed by atoms with Gasteiger partial charge in [0.2, 0.25) is 0 Å². The molecule has 108 valence electrons. The zero-order valence-corrected chi connectivity index (χ0v) is 12.2. The molecule has 1 aromatic heterocycles. The monoisotopic (exact) mass is 283 g/mol. The predicted molar refractivity (Wildman–Crippen MR) is 83.9 cm³/mol. The Morgan fingerprint density at radius 1 is 1.14 bits per heavy atom. The quantitative estimate of drug-likeness (QED) is 0.780. The molecule has 4 heteroatoms. The maximum atomic E-state index is 13.4. The summed E-state index contributed by atoms with van der Waals surface area (Å²) in [5, 5.41) is 3.36. The van der Waals surface area contributed by atoms with Crippen LogP contribution >= 0.6 is 0 Å². The summed E-state index contributed by atoms with van der Waals surface area (Å²) in [6, 6.07) is 13.0. The molecule has 0 saturated heterocycles. The van der Waals surface area contributed by atoms with Gasteiger partial charge in [-0.25, -0.2) is 9.37 Å². The third-order valence-corrected chi connectivity index (χ3v) is 3.61. The normalized spacial score (nSPS) is 11.0. The van der Waals surface area contributed by atoms with Crippen LogP contribution in [-0.2, 0) is 13.1 Å². The van der Waals surface area contributed by atoms with Crippen molar-refractivity contribution >= 4 is 16.7 Å². The molecule has 0 unspecified atom stereocenters. The van der Waals surface area contributed by atoms with Gasteiger partial charge in [-0.15, -0.1) is 0 Å². The van der Waals surface area contributed by atoms with Gasteiger partial charge in [0, 0.05) is 12.2 Å². The molecular weight excluding hydrogens is 265 g/mol. The predicted octanol–water partition coefficient (Wildman–Crippen LogP) is 4.12. The zero-order valence-electron chi connectivity index (χ0n) is 12.2. The molecule has 0 aliphatic carbocycles. The summed E-state index contributed by atoms with van der Waals surface area (Å²) in [5.41, 5.74) is 3.97. The first kappa shape index (κ1) is 13.6. The molecule has 3 rings (SSSR count). The van der Waals surface area contributed by atoms with Crippen molar-refractivity contribution < 1.29 is 4.39 Å². The van der Waals surface area contributed by atoms with Gasteiger partial charge in [0.1, 0.15) is 11.6 Å². The van der Waals surface area contributed by atoms with E-state index in [-0.39, 0.29) is 5.82 Å². The van der Waals surface area contributed by atoms with Gasteiger partial charge in [-0.05, 0) is 44.2 Å². The molecule has 0 amide bonds. The molecular formula is C17H18FN3. The van der Waals surface area contributed by atoms with Crippen LogP contribution in [0.2, 0.25) is 0 Å². The Kier molecular flexibility index (Phi) is 3.60. The maximum Gasteiger partial charge on any atom is 0.129 e. The molecule has 2 aromatic carbocycles. The molecule has 0 aliphatic rings.